The van der Waals surface area contributed by atoms with E-state index in [1.807, 2.05) is 0 Å². The van der Waals surface area contributed by atoms with E-state index in [1.54, 1.807) is 20.8 Å². The summed E-state index contributed by atoms with van der Waals surface area (Å²) < 4.78 is 46.6. The number of halogens is 1. The van der Waals surface area contributed by atoms with Gasteiger partial charge < -0.3 is 9.64 Å². The summed E-state index contributed by atoms with van der Waals surface area (Å²) in [5, 5.41) is 0. The molecule has 1 saturated heterocycles. The van der Waals surface area contributed by atoms with Crippen LogP contribution in [0.2, 0.25) is 0 Å². The minimum atomic E-state index is -3.80. The van der Waals surface area contributed by atoms with Gasteiger partial charge in [0.25, 0.3) is 0 Å². The average Bonchev–Trinajstić information content (AvgIpc) is 2.45. The zero-order valence-electron chi connectivity index (χ0n) is 14.0. The molecule has 0 radical (unpaired) electrons. The van der Waals surface area contributed by atoms with Crippen LogP contribution in [0.1, 0.15) is 20.8 Å². The molecule has 1 aromatic carbocycles. The molecule has 0 spiro atoms. The molecule has 2 rings (SSSR count). The van der Waals surface area contributed by atoms with Gasteiger partial charge in [0.15, 0.2) is 0 Å². The molecule has 0 atom stereocenters. The van der Waals surface area contributed by atoms with Gasteiger partial charge in [-0.15, -0.1) is 0 Å². The number of nitrogens with zero attached hydrogens (tertiary/aromatic N) is 2. The van der Waals surface area contributed by atoms with Crippen LogP contribution in [0.3, 0.4) is 0 Å². The quantitative estimate of drug-likeness (QED) is 0.896. The van der Waals surface area contributed by atoms with Crippen LogP contribution in [0, 0.1) is 5.82 Å². The van der Waals surface area contributed by atoms with Gasteiger partial charge in [0, 0.05) is 26.2 Å². The predicted molar refractivity (Wildman–Crippen MR) is 88.3 cm³/mol. The Kier molecular flexibility index (Phi) is 5.34. The molecule has 134 valence electrons. The topological polar surface area (TPSA) is 79.0 Å². The molecular formula is C15H22FN3O4S. The minimum Gasteiger partial charge on any atom is -0.444 e. The largest absolute Gasteiger partial charge is 0.444 e. The van der Waals surface area contributed by atoms with Crippen LogP contribution in [0.15, 0.2) is 24.3 Å². The smallest absolute Gasteiger partial charge is 0.410 e. The van der Waals surface area contributed by atoms with Gasteiger partial charge in [-0.2, -0.15) is 12.7 Å². The molecule has 9 heteroatoms. The van der Waals surface area contributed by atoms with Crippen LogP contribution in [0.25, 0.3) is 0 Å². The number of hydrogen-bond donors (Lipinski definition) is 1. The maximum atomic E-state index is 13.2. The summed E-state index contributed by atoms with van der Waals surface area (Å²) in [5.74, 6) is -0.523. The Morgan fingerprint density at radius 3 is 2.38 bits per heavy atom. The van der Waals surface area contributed by atoms with Crippen LogP contribution in [-0.2, 0) is 14.9 Å². The van der Waals surface area contributed by atoms with Crippen molar-refractivity contribution in [2.45, 2.75) is 26.4 Å². The monoisotopic (exact) mass is 359 g/mol. The van der Waals surface area contributed by atoms with Crippen molar-refractivity contribution in [2.24, 2.45) is 0 Å². The number of ether oxygens (including phenoxy) is 1. The highest BCUT2D eigenvalue weighted by molar-refractivity contribution is 7.90. The van der Waals surface area contributed by atoms with Crippen molar-refractivity contribution in [3.05, 3.63) is 30.1 Å². The number of carbonyl (C=O) groups is 1. The normalized spacial score (nSPS) is 16.8. The fraction of sp³-hybridized carbons (Fsp3) is 0.533. The molecule has 24 heavy (non-hydrogen) atoms. The first kappa shape index (κ1) is 18.5. The molecule has 1 amide bonds. The van der Waals surface area contributed by atoms with Crippen LogP contribution < -0.4 is 4.72 Å². The molecule has 1 fully saturated rings. The zero-order valence-corrected chi connectivity index (χ0v) is 14.8. The van der Waals surface area contributed by atoms with Crippen molar-refractivity contribution < 1.29 is 22.3 Å². The first-order chi connectivity index (χ1) is 11.1. The van der Waals surface area contributed by atoms with Crippen LogP contribution in [0.4, 0.5) is 14.9 Å². The van der Waals surface area contributed by atoms with Gasteiger partial charge >= 0.3 is 16.3 Å². The molecule has 1 aliphatic heterocycles. The van der Waals surface area contributed by atoms with Crippen molar-refractivity contribution in [2.75, 3.05) is 30.9 Å². The number of nitrogens with one attached hydrogen (secondary N) is 1. The third-order valence-electron chi connectivity index (χ3n) is 3.30. The van der Waals surface area contributed by atoms with Gasteiger partial charge in [0.1, 0.15) is 11.4 Å². The Balaban J connectivity index is 1.94. The van der Waals surface area contributed by atoms with E-state index in [9.17, 15) is 17.6 Å². The van der Waals surface area contributed by atoms with E-state index < -0.39 is 27.7 Å². The number of anilines is 1. The molecule has 1 aromatic rings. The number of amides is 1. The number of benzene rings is 1. The molecule has 0 bridgehead atoms. The number of hydrogen-bond acceptors (Lipinski definition) is 4. The van der Waals surface area contributed by atoms with E-state index >= 15 is 0 Å². The van der Waals surface area contributed by atoms with Gasteiger partial charge in [-0.1, -0.05) is 6.07 Å². The lowest BCUT2D eigenvalue weighted by Crippen LogP contribution is -2.52. The van der Waals surface area contributed by atoms with Crippen molar-refractivity contribution in [3.63, 3.8) is 0 Å². The van der Waals surface area contributed by atoms with Crippen LogP contribution in [-0.4, -0.2) is 55.5 Å². The molecule has 0 aromatic heterocycles. The van der Waals surface area contributed by atoms with E-state index in [-0.39, 0.29) is 31.9 Å². The lowest BCUT2D eigenvalue weighted by atomic mass is 10.2. The van der Waals surface area contributed by atoms with Crippen LogP contribution in [0.5, 0.6) is 0 Å². The summed E-state index contributed by atoms with van der Waals surface area (Å²) in [5.41, 5.74) is -0.441. The Labute approximate surface area is 141 Å². The molecule has 1 N–H and O–H groups in total. The first-order valence-electron chi connectivity index (χ1n) is 7.58. The second-order valence-corrected chi connectivity index (χ2v) is 8.15. The van der Waals surface area contributed by atoms with Crippen LogP contribution >= 0.6 is 0 Å². The summed E-state index contributed by atoms with van der Waals surface area (Å²) in [6.07, 6.45) is -0.461. The van der Waals surface area contributed by atoms with Gasteiger partial charge in [-0.25, -0.2) is 9.18 Å². The lowest BCUT2D eigenvalue weighted by Gasteiger charge is -2.34. The summed E-state index contributed by atoms with van der Waals surface area (Å²) in [7, 11) is -3.80. The molecule has 0 unspecified atom stereocenters. The fourth-order valence-electron chi connectivity index (χ4n) is 2.20. The average molecular weight is 359 g/mol. The standard InChI is InChI=1S/C15H22FN3O4S/c1-15(2,3)23-14(20)18-7-9-19(10-8-18)24(21,22)17-13-6-4-5-12(16)11-13/h4-6,11,17H,7-10H2,1-3H3. The summed E-state index contributed by atoms with van der Waals surface area (Å²) in [6, 6.07) is 5.23. The van der Waals surface area contributed by atoms with E-state index in [0.717, 1.165) is 6.07 Å². The highest BCUT2D eigenvalue weighted by Crippen LogP contribution is 2.16. The van der Waals surface area contributed by atoms with E-state index in [1.165, 1.54) is 27.4 Å². The Morgan fingerprint density at radius 2 is 1.83 bits per heavy atom. The molecule has 1 heterocycles. The summed E-state index contributed by atoms with van der Waals surface area (Å²) >= 11 is 0. The second-order valence-electron chi connectivity index (χ2n) is 6.48. The van der Waals surface area contributed by atoms with E-state index in [4.69, 9.17) is 4.74 Å². The number of piperazine rings is 1. The Bertz CT molecular complexity index is 695. The second kappa shape index (κ2) is 6.94. The molecule has 0 saturated carbocycles. The van der Waals surface area contributed by atoms with Gasteiger partial charge in [0.05, 0.1) is 5.69 Å². The molecule has 7 nitrogen and oxygen atoms in total. The Morgan fingerprint density at radius 1 is 1.21 bits per heavy atom. The van der Waals surface area contributed by atoms with Crippen molar-refractivity contribution in [3.8, 4) is 0 Å². The third kappa shape index (κ3) is 5.07. The summed E-state index contributed by atoms with van der Waals surface area (Å²) in [4.78, 5) is 13.4. The van der Waals surface area contributed by atoms with E-state index in [0.29, 0.717) is 0 Å². The molecular weight excluding hydrogens is 337 g/mol. The highest BCUT2D eigenvalue weighted by atomic mass is 32.2. The van der Waals surface area contributed by atoms with Crippen molar-refractivity contribution in [1.29, 1.82) is 0 Å². The van der Waals surface area contributed by atoms with Crippen molar-refractivity contribution >= 4 is 22.0 Å². The van der Waals surface area contributed by atoms with Crippen molar-refractivity contribution in [1.82, 2.24) is 9.21 Å². The number of carbonyl (C=O) groups excluding carboxylic acids is 1. The fourth-order valence-corrected chi connectivity index (χ4v) is 3.40. The summed E-state index contributed by atoms with van der Waals surface area (Å²) in [6.45, 7) is 6.07. The maximum Gasteiger partial charge on any atom is 0.410 e. The molecule has 0 aliphatic carbocycles. The predicted octanol–water partition coefficient (Wildman–Crippen LogP) is 2.04. The van der Waals surface area contributed by atoms with Gasteiger partial charge in [-0.05, 0) is 39.0 Å². The van der Waals surface area contributed by atoms with Gasteiger partial charge in [-0.3, -0.25) is 4.72 Å². The van der Waals surface area contributed by atoms with Gasteiger partial charge in [0.2, 0.25) is 0 Å². The van der Waals surface area contributed by atoms with E-state index in [2.05, 4.69) is 4.72 Å². The lowest BCUT2D eigenvalue weighted by molar-refractivity contribution is 0.0193. The first-order valence-corrected chi connectivity index (χ1v) is 9.02. The zero-order chi connectivity index (χ0) is 18.0. The molecule has 1 aliphatic rings. The third-order valence-corrected chi connectivity index (χ3v) is 4.84. The Hall–Kier alpha value is -1.87. The SMILES string of the molecule is CC(C)(C)OC(=O)N1CCN(S(=O)(=O)Nc2cccc(F)c2)CC1. The highest BCUT2D eigenvalue weighted by Gasteiger charge is 2.31. The maximum absolute atomic E-state index is 13.2. The number of rotatable bonds is 3. The minimum absolute atomic E-state index is 0.143.